The van der Waals surface area contributed by atoms with Crippen molar-refractivity contribution >= 4 is 29.3 Å². The van der Waals surface area contributed by atoms with E-state index in [4.69, 9.17) is 4.74 Å². The normalized spacial score (nSPS) is 17.2. The van der Waals surface area contributed by atoms with Gasteiger partial charge in [0.05, 0.1) is 23.9 Å². The van der Waals surface area contributed by atoms with Gasteiger partial charge in [0.1, 0.15) is 11.5 Å². The predicted octanol–water partition coefficient (Wildman–Crippen LogP) is 4.03. The van der Waals surface area contributed by atoms with Crippen LogP contribution < -0.4 is 9.64 Å². The highest BCUT2D eigenvalue weighted by Gasteiger charge is 2.36. The molecule has 0 aliphatic carbocycles. The maximum absolute atomic E-state index is 13.2. The second kappa shape index (κ2) is 6.99. The minimum Gasteiger partial charge on any atom is -0.493 e. The second-order valence-electron chi connectivity index (χ2n) is 7.14. The first-order valence-electron chi connectivity index (χ1n) is 9.27. The lowest BCUT2D eigenvalue weighted by atomic mass is 10.1. The molecule has 0 spiro atoms. The van der Waals surface area contributed by atoms with Crippen molar-refractivity contribution in [1.82, 2.24) is 0 Å². The first-order valence-corrected chi connectivity index (χ1v) is 9.27. The van der Waals surface area contributed by atoms with Gasteiger partial charge in [-0.2, -0.15) is 0 Å². The molecule has 1 amide bonds. The fourth-order valence-electron chi connectivity index (χ4n) is 3.70. The Balaban J connectivity index is 1.62. The fourth-order valence-corrected chi connectivity index (χ4v) is 3.70. The van der Waals surface area contributed by atoms with E-state index in [0.29, 0.717) is 36.4 Å². The Kier molecular flexibility index (Phi) is 4.52. The molecule has 0 bridgehead atoms. The van der Waals surface area contributed by atoms with E-state index in [0.717, 1.165) is 17.7 Å². The van der Waals surface area contributed by atoms with Gasteiger partial charge in [-0.05, 0) is 43.5 Å². The highest BCUT2D eigenvalue weighted by molar-refractivity contribution is 6.14. The molecule has 0 saturated heterocycles. The van der Waals surface area contributed by atoms with Crippen molar-refractivity contribution in [2.45, 2.75) is 39.2 Å². The van der Waals surface area contributed by atoms with E-state index in [1.165, 1.54) is 5.56 Å². The maximum Gasteiger partial charge on any atom is 0.261 e. The van der Waals surface area contributed by atoms with Crippen LogP contribution in [0, 0.1) is 6.92 Å². The molecule has 1 atom stereocenters. The van der Waals surface area contributed by atoms with E-state index in [9.17, 15) is 9.59 Å². The smallest absolute Gasteiger partial charge is 0.261 e. The number of anilines is 1. The number of carbonyl (C=O) groups is 2. The Morgan fingerprint density at radius 3 is 2.93 bits per heavy atom. The number of nitrogens with zero attached hydrogens (tertiary/aromatic N) is 2. The van der Waals surface area contributed by atoms with Crippen LogP contribution >= 0.6 is 0 Å². The summed E-state index contributed by atoms with van der Waals surface area (Å²) in [5.41, 5.74) is 4.27. The lowest BCUT2D eigenvalue weighted by Gasteiger charge is -2.21. The summed E-state index contributed by atoms with van der Waals surface area (Å²) in [6, 6.07) is 11.7. The number of aliphatic imine (C=N–C) groups is 1. The predicted molar refractivity (Wildman–Crippen MR) is 105 cm³/mol. The zero-order valence-electron chi connectivity index (χ0n) is 15.6. The lowest BCUT2D eigenvalue weighted by Crippen LogP contribution is -2.37. The first kappa shape index (κ1) is 17.5. The SMILES string of the molecule is CC(=O)CCCOc1cc2c(cc1C)C(=O)N1c3ccccc3CC1C=N2. The molecule has 1 unspecified atom stereocenters. The van der Waals surface area contributed by atoms with Gasteiger partial charge in [-0.1, -0.05) is 18.2 Å². The molecule has 0 saturated carbocycles. The number of fused-ring (bicyclic) bond motifs is 4. The van der Waals surface area contributed by atoms with Crippen molar-refractivity contribution in [3.8, 4) is 5.75 Å². The van der Waals surface area contributed by atoms with Crippen LogP contribution in [-0.2, 0) is 11.2 Å². The monoisotopic (exact) mass is 362 g/mol. The number of amides is 1. The molecule has 0 radical (unpaired) electrons. The van der Waals surface area contributed by atoms with Crippen molar-refractivity contribution < 1.29 is 14.3 Å². The Bertz CT molecular complexity index is 949. The quantitative estimate of drug-likeness (QED) is 0.755. The molecule has 2 aliphatic heterocycles. The number of ether oxygens (including phenoxy) is 1. The van der Waals surface area contributed by atoms with Gasteiger partial charge in [-0.15, -0.1) is 0 Å². The summed E-state index contributed by atoms with van der Waals surface area (Å²) in [6.07, 6.45) is 3.84. The van der Waals surface area contributed by atoms with Gasteiger partial charge < -0.3 is 9.53 Å². The molecule has 2 aromatic rings. The molecule has 2 aromatic carbocycles. The van der Waals surface area contributed by atoms with Gasteiger partial charge in [0.15, 0.2) is 0 Å². The summed E-state index contributed by atoms with van der Waals surface area (Å²) < 4.78 is 5.83. The average Bonchev–Trinajstić information content (AvgIpc) is 2.96. The third-order valence-electron chi connectivity index (χ3n) is 5.07. The molecular weight excluding hydrogens is 340 g/mol. The second-order valence-corrected chi connectivity index (χ2v) is 7.14. The standard InChI is InChI=1S/C22H22N2O3/c1-14-10-18-19(12-21(14)27-9-5-6-15(2)25)23-13-17-11-16-7-3-4-8-20(16)24(17)22(18)26/h3-4,7-8,10,12-13,17H,5-6,9,11H2,1-2H3. The highest BCUT2D eigenvalue weighted by Crippen LogP contribution is 2.38. The Hall–Kier alpha value is -2.95. The van der Waals surface area contributed by atoms with Gasteiger partial charge in [-0.3, -0.25) is 14.7 Å². The largest absolute Gasteiger partial charge is 0.493 e. The Labute approximate surface area is 158 Å². The third-order valence-corrected chi connectivity index (χ3v) is 5.07. The van der Waals surface area contributed by atoms with Crippen LogP contribution in [-0.4, -0.2) is 30.6 Å². The maximum atomic E-state index is 13.2. The number of benzene rings is 2. The lowest BCUT2D eigenvalue weighted by molar-refractivity contribution is -0.117. The van der Waals surface area contributed by atoms with Crippen molar-refractivity contribution in [1.29, 1.82) is 0 Å². The number of hydrogen-bond acceptors (Lipinski definition) is 4. The summed E-state index contributed by atoms with van der Waals surface area (Å²) in [4.78, 5) is 30.7. The molecule has 5 heteroatoms. The van der Waals surface area contributed by atoms with E-state index in [1.807, 2.05) is 48.4 Å². The van der Waals surface area contributed by atoms with Crippen LogP contribution in [0.25, 0.3) is 0 Å². The molecule has 5 nitrogen and oxygen atoms in total. The van der Waals surface area contributed by atoms with Crippen LogP contribution in [0.4, 0.5) is 11.4 Å². The van der Waals surface area contributed by atoms with Crippen molar-refractivity contribution in [2.75, 3.05) is 11.5 Å². The van der Waals surface area contributed by atoms with Gasteiger partial charge in [-0.25, -0.2) is 0 Å². The van der Waals surface area contributed by atoms with Crippen LogP contribution in [0.5, 0.6) is 5.75 Å². The summed E-state index contributed by atoms with van der Waals surface area (Å²) in [6.45, 7) is 3.98. The number of hydrogen-bond donors (Lipinski definition) is 0. The number of Topliss-reactive ketones (excluding diaryl/α,β-unsaturated/α-hetero) is 1. The van der Waals surface area contributed by atoms with E-state index in [-0.39, 0.29) is 17.7 Å². The molecule has 138 valence electrons. The molecular formula is C22H22N2O3. The van der Waals surface area contributed by atoms with Gasteiger partial charge in [0.25, 0.3) is 5.91 Å². The number of carbonyl (C=O) groups excluding carboxylic acids is 2. The zero-order chi connectivity index (χ0) is 19.0. The Morgan fingerprint density at radius 1 is 1.30 bits per heavy atom. The van der Waals surface area contributed by atoms with Gasteiger partial charge in [0.2, 0.25) is 0 Å². The summed E-state index contributed by atoms with van der Waals surface area (Å²) in [5, 5.41) is 0. The van der Waals surface area contributed by atoms with Gasteiger partial charge in [0, 0.05) is 30.8 Å². The van der Waals surface area contributed by atoms with Crippen LogP contribution in [0.1, 0.15) is 41.3 Å². The highest BCUT2D eigenvalue weighted by atomic mass is 16.5. The molecule has 2 aliphatic rings. The molecule has 4 rings (SSSR count). The molecule has 2 heterocycles. The minimum absolute atomic E-state index is 0.0244. The van der Waals surface area contributed by atoms with E-state index >= 15 is 0 Å². The number of rotatable bonds is 5. The van der Waals surface area contributed by atoms with Crippen molar-refractivity contribution in [2.24, 2.45) is 4.99 Å². The number of para-hydroxylation sites is 1. The first-order chi connectivity index (χ1) is 13.0. The summed E-state index contributed by atoms with van der Waals surface area (Å²) >= 11 is 0. The minimum atomic E-state index is -0.0532. The van der Waals surface area contributed by atoms with E-state index in [1.54, 1.807) is 6.92 Å². The third kappa shape index (κ3) is 3.25. The number of aryl methyl sites for hydroxylation is 1. The summed E-state index contributed by atoms with van der Waals surface area (Å²) in [5.74, 6) is 0.849. The molecule has 0 N–H and O–H groups in total. The van der Waals surface area contributed by atoms with Crippen molar-refractivity contribution in [3.63, 3.8) is 0 Å². The van der Waals surface area contributed by atoms with Crippen LogP contribution in [0.2, 0.25) is 0 Å². The van der Waals surface area contributed by atoms with Crippen molar-refractivity contribution in [3.05, 3.63) is 53.1 Å². The Morgan fingerprint density at radius 2 is 2.11 bits per heavy atom. The zero-order valence-corrected chi connectivity index (χ0v) is 15.6. The molecule has 0 aromatic heterocycles. The topological polar surface area (TPSA) is 59.0 Å². The molecule has 27 heavy (non-hydrogen) atoms. The van der Waals surface area contributed by atoms with Gasteiger partial charge >= 0.3 is 0 Å². The average molecular weight is 362 g/mol. The van der Waals surface area contributed by atoms with Crippen LogP contribution in [0.3, 0.4) is 0 Å². The van der Waals surface area contributed by atoms with Crippen LogP contribution in [0.15, 0.2) is 41.4 Å². The number of ketones is 1. The summed E-state index contributed by atoms with van der Waals surface area (Å²) in [7, 11) is 0. The van der Waals surface area contributed by atoms with E-state index in [2.05, 4.69) is 11.1 Å². The van der Waals surface area contributed by atoms with E-state index < -0.39 is 0 Å². The fraction of sp³-hybridized carbons (Fsp3) is 0.318. The molecule has 0 fully saturated rings.